The van der Waals surface area contributed by atoms with Crippen LogP contribution in [0.4, 0.5) is 11.4 Å². The lowest BCUT2D eigenvalue weighted by Crippen LogP contribution is -2.30. The Kier molecular flexibility index (Phi) is 5.98. The number of carbonyl (C=O) groups excluding carboxylic acids is 1. The van der Waals surface area contributed by atoms with E-state index in [9.17, 15) is 19.7 Å². The van der Waals surface area contributed by atoms with Gasteiger partial charge in [-0.15, -0.1) is 0 Å². The summed E-state index contributed by atoms with van der Waals surface area (Å²) >= 11 is 1.51. The summed E-state index contributed by atoms with van der Waals surface area (Å²) in [5, 5.41) is 22.5. The number of nitrogens with one attached hydrogen (secondary N) is 1. The second-order valence-corrected chi connectivity index (χ2v) is 4.95. The molecule has 0 bridgehead atoms. The molecule has 1 atom stereocenters. The van der Waals surface area contributed by atoms with E-state index in [4.69, 9.17) is 5.11 Å². The lowest BCUT2D eigenvalue weighted by atomic mass is 10.1. The number of carbonyl (C=O) groups is 2. The molecule has 8 heteroatoms. The smallest absolute Gasteiger partial charge is 0.326 e. The van der Waals surface area contributed by atoms with Crippen molar-refractivity contribution in [2.75, 3.05) is 17.3 Å². The molecule has 7 nitrogen and oxygen atoms in total. The van der Waals surface area contributed by atoms with Crippen LogP contribution in [0.1, 0.15) is 16.8 Å². The molecule has 0 spiro atoms. The fourth-order valence-electron chi connectivity index (χ4n) is 1.57. The van der Waals surface area contributed by atoms with Gasteiger partial charge in [0.25, 0.3) is 5.69 Å². The molecule has 0 aliphatic carbocycles. The van der Waals surface area contributed by atoms with Crippen LogP contribution in [0.5, 0.6) is 0 Å². The molecule has 2 N–H and O–H groups in total. The normalized spacial score (nSPS) is 11.7. The molecule has 108 valence electrons. The summed E-state index contributed by atoms with van der Waals surface area (Å²) in [5.41, 5.74) is 0.127. The van der Waals surface area contributed by atoms with Gasteiger partial charge in [-0.05, 0) is 24.5 Å². The molecular weight excluding hydrogens is 284 g/mol. The van der Waals surface area contributed by atoms with Crippen LogP contribution >= 0.6 is 11.8 Å². The zero-order valence-electron chi connectivity index (χ0n) is 10.7. The molecular formula is C12H14N2O5S. The van der Waals surface area contributed by atoms with E-state index in [1.54, 1.807) is 0 Å². The average molecular weight is 298 g/mol. The summed E-state index contributed by atoms with van der Waals surface area (Å²) in [6, 6.07) is 2.84. The summed E-state index contributed by atoms with van der Waals surface area (Å²) in [6.45, 7) is 0. The lowest BCUT2D eigenvalue weighted by molar-refractivity contribution is -0.384. The number of hydrogen-bond acceptors (Lipinski definition) is 6. The van der Waals surface area contributed by atoms with Gasteiger partial charge < -0.3 is 10.4 Å². The Morgan fingerprint density at radius 2 is 2.30 bits per heavy atom. The van der Waals surface area contributed by atoms with Crippen LogP contribution in [0.3, 0.4) is 0 Å². The minimum absolute atomic E-state index is 0.0644. The Hall–Kier alpha value is -2.09. The fraction of sp³-hybridized carbons (Fsp3) is 0.333. The standard InChI is InChI=1S/C12H14N2O5S/c1-20-5-4-11(12(16)17)13-10-3-2-9(14(18)19)6-8(10)7-15/h2-3,6-7,11,13H,4-5H2,1H3,(H,16,17). The van der Waals surface area contributed by atoms with E-state index >= 15 is 0 Å². The van der Waals surface area contributed by atoms with E-state index in [0.29, 0.717) is 18.5 Å². The Labute approximate surface area is 119 Å². The number of carboxylic acid groups (broad SMARTS) is 1. The number of nitro benzene ring substituents is 1. The Bertz CT molecular complexity index is 521. The zero-order valence-corrected chi connectivity index (χ0v) is 11.6. The third-order valence-corrected chi connectivity index (χ3v) is 3.26. The van der Waals surface area contributed by atoms with Crippen molar-refractivity contribution >= 4 is 35.4 Å². The van der Waals surface area contributed by atoms with E-state index in [-0.39, 0.29) is 16.9 Å². The summed E-state index contributed by atoms with van der Waals surface area (Å²) in [4.78, 5) is 32.1. The van der Waals surface area contributed by atoms with Crippen LogP contribution in [0, 0.1) is 10.1 Å². The Morgan fingerprint density at radius 1 is 1.60 bits per heavy atom. The molecule has 0 fully saturated rings. The SMILES string of the molecule is CSCCC(Nc1ccc([N+](=O)[O-])cc1C=O)C(=O)O. The molecule has 0 aliphatic rings. The molecule has 1 aromatic carbocycles. The molecule has 0 radical (unpaired) electrons. The largest absolute Gasteiger partial charge is 0.480 e. The van der Waals surface area contributed by atoms with Gasteiger partial charge in [0.2, 0.25) is 0 Å². The molecule has 0 aliphatic heterocycles. The van der Waals surface area contributed by atoms with Crippen molar-refractivity contribution in [2.24, 2.45) is 0 Å². The minimum atomic E-state index is -1.03. The van der Waals surface area contributed by atoms with E-state index < -0.39 is 16.9 Å². The van der Waals surface area contributed by atoms with Crippen LogP contribution < -0.4 is 5.32 Å². The second-order valence-electron chi connectivity index (χ2n) is 3.96. The highest BCUT2D eigenvalue weighted by atomic mass is 32.2. The highest BCUT2D eigenvalue weighted by Gasteiger charge is 2.19. The van der Waals surface area contributed by atoms with Crippen molar-refractivity contribution in [3.63, 3.8) is 0 Å². The third kappa shape index (κ3) is 4.23. The summed E-state index contributed by atoms with van der Waals surface area (Å²) < 4.78 is 0. The molecule has 1 aromatic rings. The molecule has 0 amide bonds. The van der Waals surface area contributed by atoms with E-state index in [1.807, 2.05) is 6.26 Å². The van der Waals surface area contributed by atoms with Crippen molar-refractivity contribution in [1.29, 1.82) is 0 Å². The summed E-state index contributed by atoms with van der Waals surface area (Å²) in [6.07, 6.45) is 2.70. The first-order valence-corrected chi connectivity index (χ1v) is 7.11. The number of thioether (sulfide) groups is 1. The first kappa shape index (κ1) is 16.0. The van der Waals surface area contributed by atoms with Gasteiger partial charge >= 0.3 is 5.97 Å². The first-order chi connectivity index (χ1) is 9.49. The van der Waals surface area contributed by atoms with Gasteiger partial charge in [-0.1, -0.05) is 0 Å². The van der Waals surface area contributed by atoms with Crippen molar-refractivity contribution < 1.29 is 19.6 Å². The van der Waals surface area contributed by atoms with Crippen LogP contribution in [0.15, 0.2) is 18.2 Å². The number of rotatable bonds is 8. The van der Waals surface area contributed by atoms with Gasteiger partial charge in [0, 0.05) is 23.4 Å². The summed E-state index contributed by atoms with van der Waals surface area (Å²) in [7, 11) is 0. The maximum absolute atomic E-state index is 11.1. The van der Waals surface area contributed by atoms with Gasteiger partial charge in [0.05, 0.1) is 4.92 Å². The van der Waals surface area contributed by atoms with Crippen molar-refractivity contribution in [3.05, 3.63) is 33.9 Å². The average Bonchev–Trinajstić information content (AvgIpc) is 2.42. The zero-order chi connectivity index (χ0) is 15.1. The third-order valence-electron chi connectivity index (χ3n) is 2.61. The van der Waals surface area contributed by atoms with Crippen LogP contribution in [0.25, 0.3) is 0 Å². The molecule has 1 rings (SSSR count). The maximum atomic E-state index is 11.1. The number of anilines is 1. The molecule has 1 unspecified atom stereocenters. The van der Waals surface area contributed by atoms with Gasteiger partial charge in [0.15, 0.2) is 6.29 Å². The van der Waals surface area contributed by atoms with Crippen LogP contribution in [-0.4, -0.2) is 40.3 Å². The number of carboxylic acids is 1. The van der Waals surface area contributed by atoms with Gasteiger partial charge in [-0.25, -0.2) is 4.79 Å². The summed E-state index contributed by atoms with van der Waals surface area (Å²) in [5.74, 6) is -0.387. The number of hydrogen-bond donors (Lipinski definition) is 2. The number of nitrogens with zero attached hydrogens (tertiary/aromatic N) is 1. The molecule has 0 saturated heterocycles. The monoisotopic (exact) mass is 298 g/mol. The number of aliphatic carboxylic acids is 1. The first-order valence-electron chi connectivity index (χ1n) is 5.71. The number of aldehydes is 1. The van der Waals surface area contributed by atoms with Crippen LogP contribution in [-0.2, 0) is 4.79 Å². The van der Waals surface area contributed by atoms with Crippen molar-refractivity contribution in [1.82, 2.24) is 0 Å². The highest BCUT2D eigenvalue weighted by Crippen LogP contribution is 2.22. The number of non-ortho nitro benzene ring substituents is 1. The number of benzene rings is 1. The van der Waals surface area contributed by atoms with Crippen molar-refractivity contribution in [2.45, 2.75) is 12.5 Å². The second kappa shape index (κ2) is 7.49. The Morgan fingerprint density at radius 3 is 2.80 bits per heavy atom. The van der Waals surface area contributed by atoms with E-state index in [0.717, 1.165) is 6.07 Å². The van der Waals surface area contributed by atoms with Gasteiger partial charge in [-0.3, -0.25) is 14.9 Å². The van der Waals surface area contributed by atoms with Crippen molar-refractivity contribution in [3.8, 4) is 0 Å². The lowest BCUT2D eigenvalue weighted by Gasteiger charge is -2.16. The maximum Gasteiger partial charge on any atom is 0.326 e. The predicted octanol–water partition coefficient (Wildman–Crippen LogP) is 2.03. The highest BCUT2D eigenvalue weighted by molar-refractivity contribution is 7.98. The van der Waals surface area contributed by atoms with E-state index in [1.165, 1.54) is 23.9 Å². The molecule has 20 heavy (non-hydrogen) atoms. The van der Waals surface area contributed by atoms with Crippen LogP contribution in [0.2, 0.25) is 0 Å². The predicted molar refractivity (Wildman–Crippen MR) is 76.5 cm³/mol. The number of nitro groups is 1. The molecule has 0 saturated carbocycles. The molecule has 0 aromatic heterocycles. The quantitative estimate of drug-likeness (QED) is 0.429. The fourth-order valence-corrected chi connectivity index (χ4v) is 2.04. The minimum Gasteiger partial charge on any atom is -0.480 e. The van der Waals surface area contributed by atoms with Gasteiger partial charge in [0.1, 0.15) is 6.04 Å². The van der Waals surface area contributed by atoms with E-state index in [2.05, 4.69) is 5.32 Å². The van der Waals surface area contributed by atoms with Gasteiger partial charge in [-0.2, -0.15) is 11.8 Å². The molecule has 0 heterocycles. The topological polar surface area (TPSA) is 110 Å². The Balaban J connectivity index is 2.97.